The van der Waals surface area contributed by atoms with Gasteiger partial charge in [0, 0.05) is 43.5 Å². The van der Waals surface area contributed by atoms with Crippen LogP contribution < -0.4 is 11.1 Å². The Bertz CT molecular complexity index is 1330. The average Bonchev–Trinajstić information content (AvgIpc) is 3.55. The molecule has 3 N–H and O–H groups in total. The zero-order valence-electron chi connectivity index (χ0n) is 18.5. The van der Waals surface area contributed by atoms with Gasteiger partial charge in [0.2, 0.25) is 0 Å². The highest BCUT2D eigenvalue weighted by atomic mass is 32.1. The number of carbonyl (C=O) groups excluding carboxylic acids is 1. The number of imidazole rings is 1. The fourth-order valence-corrected chi connectivity index (χ4v) is 6.08. The molecule has 5 heterocycles. The van der Waals surface area contributed by atoms with E-state index in [2.05, 4.69) is 32.9 Å². The third-order valence-electron chi connectivity index (χ3n) is 6.94. The summed E-state index contributed by atoms with van der Waals surface area (Å²) < 4.78 is 2.12. The summed E-state index contributed by atoms with van der Waals surface area (Å²) in [5.41, 5.74) is 11.7. The van der Waals surface area contributed by atoms with Crippen molar-refractivity contribution in [2.24, 2.45) is 0 Å². The molecule has 1 aromatic carbocycles. The van der Waals surface area contributed by atoms with Gasteiger partial charge < -0.3 is 16.0 Å². The van der Waals surface area contributed by atoms with Crippen LogP contribution in [0.3, 0.4) is 0 Å². The van der Waals surface area contributed by atoms with Crippen LogP contribution in [-0.4, -0.2) is 38.3 Å². The molecule has 3 aromatic heterocycles. The van der Waals surface area contributed by atoms with Crippen LogP contribution in [0.2, 0.25) is 0 Å². The second-order valence-corrected chi connectivity index (χ2v) is 9.86. The van der Waals surface area contributed by atoms with E-state index in [1.165, 1.54) is 16.9 Å². The van der Waals surface area contributed by atoms with Gasteiger partial charge in [-0.1, -0.05) is 18.2 Å². The minimum atomic E-state index is 0.0705. The summed E-state index contributed by atoms with van der Waals surface area (Å²) >= 11 is 1.53. The zero-order chi connectivity index (χ0) is 22.5. The number of anilines is 2. The Morgan fingerprint density at radius 2 is 2.03 bits per heavy atom. The summed E-state index contributed by atoms with van der Waals surface area (Å²) in [6.45, 7) is 3.47. The number of nitrogen functional groups attached to an aromatic ring is 1. The van der Waals surface area contributed by atoms with Crippen LogP contribution in [0.1, 0.15) is 57.1 Å². The summed E-state index contributed by atoms with van der Waals surface area (Å²) in [5.74, 6) is 1.94. The number of carbonyl (C=O) groups is 1. The molecule has 168 valence electrons. The van der Waals surface area contributed by atoms with Gasteiger partial charge in [0.15, 0.2) is 0 Å². The molecule has 0 saturated carbocycles. The first-order valence-corrected chi connectivity index (χ1v) is 12.3. The number of hydrogen-bond donors (Lipinski definition) is 2. The van der Waals surface area contributed by atoms with Gasteiger partial charge in [-0.3, -0.25) is 9.20 Å². The average molecular weight is 459 g/mol. The van der Waals surface area contributed by atoms with E-state index in [0.29, 0.717) is 5.82 Å². The van der Waals surface area contributed by atoms with E-state index < -0.39 is 0 Å². The number of rotatable bonds is 3. The lowest BCUT2D eigenvalue weighted by Gasteiger charge is -2.31. The number of benzene rings is 1. The molecule has 0 aliphatic carbocycles. The number of aromatic nitrogens is 3. The van der Waals surface area contributed by atoms with E-state index in [1.807, 2.05) is 35.5 Å². The number of piperidine rings is 1. The molecule has 0 bridgehead atoms. The molecule has 6 rings (SSSR count). The number of hydrogen-bond acceptors (Lipinski definition) is 6. The van der Waals surface area contributed by atoms with Gasteiger partial charge in [-0.05, 0) is 48.4 Å². The maximum absolute atomic E-state index is 13.0. The molecule has 1 saturated heterocycles. The lowest BCUT2D eigenvalue weighted by atomic mass is 9.95. The van der Waals surface area contributed by atoms with Crippen molar-refractivity contribution >= 4 is 34.3 Å². The maximum atomic E-state index is 13.0. The topological polar surface area (TPSA) is 88.5 Å². The highest BCUT2D eigenvalue weighted by Gasteiger charge is 2.32. The van der Waals surface area contributed by atoms with Gasteiger partial charge in [-0.15, -0.1) is 11.3 Å². The Morgan fingerprint density at radius 3 is 2.79 bits per heavy atom. The molecule has 33 heavy (non-hydrogen) atoms. The molecule has 2 aliphatic heterocycles. The van der Waals surface area contributed by atoms with E-state index in [-0.39, 0.29) is 17.9 Å². The number of nitrogens with one attached hydrogen (secondary N) is 1. The minimum absolute atomic E-state index is 0.0705. The molecule has 7 nitrogen and oxygen atoms in total. The lowest BCUT2D eigenvalue weighted by Crippen LogP contribution is -2.38. The van der Waals surface area contributed by atoms with Crippen molar-refractivity contribution in [2.75, 3.05) is 24.1 Å². The number of likely N-dealkylation sites (tertiary alicyclic amines) is 1. The number of para-hydroxylation sites is 1. The van der Waals surface area contributed by atoms with Crippen LogP contribution in [-0.2, 0) is 6.42 Å². The van der Waals surface area contributed by atoms with Gasteiger partial charge in [0.25, 0.3) is 5.91 Å². The first kappa shape index (κ1) is 20.2. The van der Waals surface area contributed by atoms with Crippen molar-refractivity contribution < 1.29 is 4.79 Å². The minimum Gasteiger partial charge on any atom is -0.382 e. The first-order chi connectivity index (χ1) is 16.1. The fraction of sp³-hybridized carbons (Fsp3) is 0.320. The Labute approximate surface area is 196 Å². The first-order valence-electron chi connectivity index (χ1n) is 11.4. The largest absolute Gasteiger partial charge is 0.382 e. The number of nitrogens with two attached hydrogens (primary N) is 1. The normalized spacial score (nSPS) is 18.5. The van der Waals surface area contributed by atoms with Crippen LogP contribution in [0.5, 0.6) is 0 Å². The third kappa shape index (κ3) is 3.36. The second-order valence-electron chi connectivity index (χ2n) is 8.94. The molecular weight excluding hydrogens is 432 g/mol. The Morgan fingerprint density at radius 1 is 1.21 bits per heavy atom. The van der Waals surface area contributed by atoms with Crippen molar-refractivity contribution in [1.82, 2.24) is 19.3 Å². The zero-order valence-corrected chi connectivity index (χ0v) is 19.3. The summed E-state index contributed by atoms with van der Waals surface area (Å²) in [7, 11) is 0. The molecule has 2 aliphatic rings. The summed E-state index contributed by atoms with van der Waals surface area (Å²) in [6.07, 6.45) is 6.35. The monoisotopic (exact) mass is 458 g/mol. The summed E-state index contributed by atoms with van der Waals surface area (Å²) in [4.78, 5) is 25.3. The van der Waals surface area contributed by atoms with Gasteiger partial charge in [-0.25, -0.2) is 9.97 Å². The highest BCUT2D eigenvalue weighted by Crippen LogP contribution is 2.38. The standard InChI is InChI=1S/C25H26N6OS/c1-15-8-13-33-22(15)25(32)30-10-6-16(7-11-30)24-29-20(21-23(26)27-9-12-31(21)24)19-14-17-4-2-3-5-18(17)28-19/h2-5,8-9,12-13,16,19,28H,6-7,10-11,14H2,1H3,(H2,26,27). The van der Waals surface area contributed by atoms with Crippen LogP contribution >= 0.6 is 11.3 Å². The SMILES string of the molecule is Cc1ccsc1C(=O)N1CCC(c2nc(C3Cc4ccccc4N3)c3c(N)nccn23)CC1. The molecule has 1 unspecified atom stereocenters. The van der Waals surface area contributed by atoms with E-state index in [9.17, 15) is 4.79 Å². The quantitative estimate of drug-likeness (QED) is 0.475. The molecule has 1 fully saturated rings. The van der Waals surface area contributed by atoms with Crippen LogP contribution in [0.25, 0.3) is 5.52 Å². The van der Waals surface area contributed by atoms with Crippen LogP contribution in [0, 0.1) is 6.92 Å². The Hall–Kier alpha value is -3.39. The number of fused-ring (bicyclic) bond motifs is 2. The smallest absolute Gasteiger partial charge is 0.264 e. The summed E-state index contributed by atoms with van der Waals surface area (Å²) in [5, 5.41) is 5.61. The Balaban J connectivity index is 1.28. The van der Waals surface area contributed by atoms with Crippen molar-refractivity contribution in [3.8, 4) is 0 Å². The van der Waals surface area contributed by atoms with Crippen molar-refractivity contribution in [3.05, 3.63) is 75.6 Å². The summed E-state index contributed by atoms with van der Waals surface area (Å²) in [6, 6.07) is 10.5. The lowest BCUT2D eigenvalue weighted by molar-refractivity contribution is 0.0715. The second kappa shape index (κ2) is 7.88. The van der Waals surface area contributed by atoms with E-state index in [4.69, 9.17) is 10.7 Å². The van der Waals surface area contributed by atoms with Gasteiger partial charge in [0.1, 0.15) is 17.2 Å². The van der Waals surface area contributed by atoms with Gasteiger partial charge >= 0.3 is 0 Å². The van der Waals surface area contributed by atoms with Crippen molar-refractivity contribution in [1.29, 1.82) is 0 Å². The van der Waals surface area contributed by atoms with Gasteiger partial charge in [-0.2, -0.15) is 0 Å². The van der Waals surface area contributed by atoms with Crippen molar-refractivity contribution in [3.63, 3.8) is 0 Å². The highest BCUT2D eigenvalue weighted by molar-refractivity contribution is 7.12. The van der Waals surface area contributed by atoms with E-state index in [1.54, 1.807) is 6.20 Å². The molecule has 4 aromatic rings. The predicted octanol–water partition coefficient (Wildman–Crippen LogP) is 4.41. The maximum Gasteiger partial charge on any atom is 0.264 e. The van der Waals surface area contributed by atoms with E-state index in [0.717, 1.165) is 65.5 Å². The van der Waals surface area contributed by atoms with Gasteiger partial charge in [0.05, 0.1) is 16.6 Å². The van der Waals surface area contributed by atoms with Crippen LogP contribution in [0.15, 0.2) is 48.1 Å². The third-order valence-corrected chi connectivity index (χ3v) is 7.95. The molecule has 8 heteroatoms. The van der Waals surface area contributed by atoms with Crippen molar-refractivity contribution in [2.45, 2.75) is 38.1 Å². The molecule has 1 atom stereocenters. The number of amides is 1. The number of nitrogens with zero attached hydrogens (tertiary/aromatic N) is 4. The molecule has 0 spiro atoms. The predicted molar refractivity (Wildman–Crippen MR) is 131 cm³/mol. The van der Waals surface area contributed by atoms with Crippen LogP contribution in [0.4, 0.5) is 11.5 Å². The Kier molecular flexibility index (Phi) is 4.83. The molecule has 1 amide bonds. The fourth-order valence-electron chi connectivity index (χ4n) is 5.19. The van der Waals surface area contributed by atoms with E-state index >= 15 is 0 Å². The molecular formula is C25H26N6OS. The number of aryl methyl sites for hydroxylation is 1. The number of thiophene rings is 1. The molecule has 0 radical (unpaired) electrons.